The Morgan fingerprint density at radius 3 is 2.69 bits per heavy atom. The van der Waals surface area contributed by atoms with Crippen LogP contribution in [-0.4, -0.2) is 15.9 Å². The number of para-hydroxylation sites is 1. The highest BCUT2D eigenvalue weighted by Crippen LogP contribution is 2.25. The van der Waals surface area contributed by atoms with Crippen LogP contribution in [0.1, 0.15) is 11.3 Å². The molecule has 2 aromatic heterocycles. The number of hydrogen-bond donors (Lipinski definition) is 2. The van der Waals surface area contributed by atoms with E-state index in [9.17, 15) is 4.79 Å². The monoisotopic (exact) mass is 338 g/mol. The van der Waals surface area contributed by atoms with E-state index in [1.807, 2.05) is 30.3 Å². The first-order valence-electron chi connectivity index (χ1n) is 8.08. The normalized spacial score (nSPS) is 11.0. The molecule has 0 aliphatic heterocycles. The second-order valence-electron chi connectivity index (χ2n) is 5.84. The van der Waals surface area contributed by atoms with Crippen molar-refractivity contribution in [2.24, 2.45) is 0 Å². The highest BCUT2D eigenvalue weighted by atomic mass is 16.1. The third kappa shape index (κ3) is 3.04. The van der Waals surface area contributed by atoms with Crippen LogP contribution in [0.2, 0.25) is 0 Å². The lowest BCUT2D eigenvalue weighted by Gasteiger charge is -2.01. The molecular weight excluding hydrogens is 324 g/mol. The zero-order valence-electron chi connectivity index (χ0n) is 13.7. The van der Waals surface area contributed by atoms with E-state index in [0.717, 1.165) is 21.8 Å². The van der Waals surface area contributed by atoms with Gasteiger partial charge >= 0.3 is 0 Å². The fourth-order valence-corrected chi connectivity index (χ4v) is 2.83. The number of rotatable bonds is 3. The topological polar surface area (TPSA) is 81.6 Å². The average Bonchev–Trinajstić information content (AvgIpc) is 3.05. The number of nitrogens with one attached hydrogen (secondary N) is 2. The molecule has 0 bridgehead atoms. The molecule has 0 saturated heterocycles. The standard InChI is InChI=1S/C21H14N4O/c22-12-14-5-7-15(8-6-14)24-21(26)10-9-16-11-18-17-3-1-2-4-19(17)25-20(18)13-23-16/h1-11,13,25H,(H,24,26)/b10-9+. The van der Waals surface area contributed by atoms with Crippen LogP contribution in [0.5, 0.6) is 0 Å². The fraction of sp³-hybridized carbons (Fsp3) is 0. The van der Waals surface area contributed by atoms with Gasteiger partial charge in [0.15, 0.2) is 0 Å². The van der Waals surface area contributed by atoms with Crippen molar-refractivity contribution in [3.8, 4) is 6.07 Å². The Labute approximate surface area is 149 Å². The minimum absolute atomic E-state index is 0.254. The van der Waals surface area contributed by atoms with Crippen molar-refractivity contribution in [1.82, 2.24) is 9.97 Å². The summed E-state index contributed by atoms with van der Waals surface area (Å²) < 4.78 is 0. The van der Waals surface area contributed by atoms with E-state index >= 15 is 0 Å². The minimum Gasteiger partial charge on any atom is -0.353 e. The third-order valence-electron chi connectivity index (χ3n) is 4.10. The molecule has 0 fully saturated rings. The molecule has 5 heteroatoms. The van der Waals surface area contributed by atoms with Gasteiger partial charge in [0.05, 0.1) is 29.0 Å². The number of amides is 1. The molecule has 0 atom stereocenters. The number of anilines is 1. The van der Waals surface area contributed by atoms with Gasteiger partial charge in [-0.1, -0.05) is 18.2 Å². The van der Waals surface area contributed by atoms with Crippen molar-refractivity contribution < 1.29 is 4.79 Å². The second-order valence-corrected chi connectivity index (χ2v) is 5.84. The van der Waals surface area contributed by atoms with Crippen molar-refractivity contribution in [1.29, 1.82) is 5.26 Å². The van der Waals surface area contributed by atoms with Crippen molar-refractivity contribution >= 4 is 39.5 Å². The maximum absolute atomic E-state index is 12.1. The van der Waals surface area contributed by atoms with Gasteiger partial charge in [0.25, 0.3) is 0 Å². The first-order chi connectivity index (χ1) is 12.7. The van der Waals surface area contributed by atoms with Crippen molar-refractivity contribution in [3.63, 3.8) is 0 Å². The lowest BCUT2D eigenvalue weighted by atomic mass is 10.1. The quantitative estimate of drug-likeness (QED) is 0.548. The molecule has 0 spiro atoms. The van der Waals surface area contributed by atoms with Crippen molar-refractivity contribution in [2.45, 2.75) is 0 Å². The number of carbonyl (C=O) groups excluding carboxylic acids is 1. The van der Waals surface area contributed by atoms with Crippen LogP contribution in [-0.2, 0) is 4.79 Å². The summed E-state index contributed by atoms with van der Waals surface area (Å²) in [5.41, 5.74) is 3.92. The molecule has 5 nitrogen and oxygen atoms in total. The van der Waals surface area contributed by atoms with Gasteiger partial charge in [0.1, 0.15) is 0 Å². The molecule has 1 amide bonds. The van der Waals surface area contributed by atoms with Gasteiger partial charge in [0.2, 0.25) is 5.91 Å². The van der Waals surface area contributed by atoms with E-state index in [4.69, 9.17) is 5.26 Å². The highest BCUT2D eigenvalue weighted by Gasteiger charge is 2.05. The fourth-order valence-electron chi connectivity index (χ4n) is 2.83. The predicted molar refractivity (Wildman–Crippen MR) is 102 cm³/mol. The first-order valence-corrected chi connectivity index (χ1v) is 8.08. The molecule has 2 aromatic carbocycles. The van der Waals surface area contributed by atoms with Crippen LogP contribution < -0.4 is 5.32 Å². The number of nitrogens with zero attached hydrogens (tertiary/aromatic N) is 2. The molecule has 26 heavy (non-hydrogen) atoms. The summed E-state index contributed by atoms with van der Waals surface area (Å²) in [5, 5.41) is 13.7. The predicted octanol–water partition coefficient (Wildman–Crippen LogP) is 4.24. The lowest BCUT2D eigenvalue weighted by Crippen LogP contribution is -2.07. The van der Waals surface area contributed by atoms with E-state index in [1.165, 1.54) is 6.08 Å². The molecule has 4 aromatic rings. The van der Waals surface area contributed by atoms with Crippen LogP contribution in [0.3, 0.4) is 0 Å². The van der Waals surface area contributed by atoms with Gasteiger partial charge < -0.3 is 10.3 Å². The van der Waals surface area contributed by atoms with Crippen LogP contribution >= 0.6 is 0 Å². The van der Waals surface area contributed by atoms with E-state index in [0.29, 0.717) is 16.9 Å². The van der Waals surface area contributed by atoms with Gasteiger partial charge in [0, 0.05) is 28.1 Å². The molecule has 0 aliphatic carbocycles. The van der Waals surface area contributed by atoms with E-state index in [-0.39, 0.29) is 5.91 Å². The number of nitriles is 1. The van der Waals surface area contributed by atoms with Gasteiger partial charge in [-0.15, -0.1) is 0 Å². The summed E-state index contributed by atoms with van der Waals surface area (Å²) in [4.78, 5) is 19.8. The van der Waals surface area contributed by atoms with Gasteiger partial charge in [-0.25, -0.2) is 0 Å². The Hall–Kier alpha value is -3.91. The number of H-pyrrole nitrogens is 1. The molecule has 4 rings (SSSR count). The second kappa shape index (κ2) is 6.54. The Bertz CT molecular complexity index is 1180. The van der Waals surface area contributed by atoms with Gasteiger partial charge in [-0.3, -0.25) is 9.78 Å². The SMILES string of the molecule is N#Cc1ccc(NC(=O)/C=C/c2cc3c(cn2)[nH]c2ccccc23)cc1. The number of pyridine rings is 1. The maximum atomic E-state index is 12.1. The van der Waals surface area contributed by atoms with Gasteiger partial charge in [-0.2, -0.15) is 5.26 Å². The molecule has 0 unspecified atom stereocenters. The molecule has 0 radical (unpaired) electrons. The third-order valence-corrected chi connectivity index (χ3v) is 4.10. The Kier molecular flexibility index (Phi) is 3.92. The zero-order chi connectivity index (χ0) is 17.9. The largest absolute Gasteiger partial charge is 0.353 e. The van der Waals surface area contributed by atoms with Crippen LogP contribution in [0.15, 0.2) is 66.9 Å². The minimum atomic E-state index is -0.254. The highest BCUT2D eigenvalue weighted by molar-refractivity contribution is 6.07. The number of aromatic amines is 1. The van der Waals surface area contributed by atoms with Crippen molar-refractivity contribution in [2.75, 3.05) is 5.32 Å². The molecule has 0 saturated carbocycles. The number of hydrogen-bond acceptors (Lipinski definition) is 3. The first kappa shape index (κ1) is 15.6. The average molecular weight is 338 g/mol. The summed E-state index contributed by atoms with van der Waals surface area (Å²) in [6.07, 6.45) is 4.90. The van der Waals surface area contributed by atoms with Gasteiger partial charge in [-0.05, 0) is 42.5 Å². The number of fused-ring (bicyclic) bond motifs is 3. The number of benzene rings is 2. The Balaban J connectivity index is 1.54. The maximum Gasteiger partial charge on any atom is 0.248 e. The molecule has 0 aliphatic rings. The van der Waals surface area contributed by atoms with Crippen LogP contribution in [0.4, 0.5) is 5.69 Å². The van der Waals surface area contributed by atoms with Crippen LogP contribution in [0, 0.1) is 11.3 Å². The summed E-state index contributed by atoms with van der Waals surface area (Å²) in [6.45, 7) is 0. The lowest BCUT2D eigenvalue weighted by molar-refractivity contribution is -0.111. The Morgan fingerprint density at radius 1 is 1.08 bits per heavy atom. The van der Waals surface area contributed by atoms with Crippen LogP contribution in [0.25, 0.3) is 27.9 Å². The molecule has 124 valence electrons. The number of aromatic nitrogens is 2. The Morgan fingerprint density at radius 2 is 1.88 bits per heavy atom. The van der Waals surface area contributed by atoms with Crippen molar-refractivity contribution in [3.05, 3.63) is 78.1 Å². The molecular formula is C21H14N4O. The molecule has 2 heterocycles. The van der Waals surface area contributed by atoms with E-state index in [1.54, 1.807) is 36.5 Å². The van der Waals surface area contributed by atoms with E-state index in [2.05, 4.69) is 21.4 Å². The summed E-state index contributed by atoms with van der Waals surface area (Å²) >= 11 is 0. The number of carbonyl (C=O) groups is 1. The summed E-state index contributed by atoms with van der Waals surface area (Å²) in [6, 6.07) is 18.8. The summed E-state index contributed by atoms with van der Waals surface area (Å²) in [7, 11) is 0. The smallest absolute Gasteiger partial charge is 0.248 e. The van der Waals surface area contributed by atoms with E-state index < -0.39 is 0 Å². The zero-order valence-corrected chi connectivity index (χ0v) is 13.7. The summed E-state index contributed by atoms with van der Waals surface area (Å²) in [5.74, 6) is -0.254. The molecule has 2 N–H and O–H groups in total.